The Morgan fingerprint density at radius 1 is 0.794 bits per heavy atom. The first-order valence-corrected chi connectivity index (χ1v) is 22.9. The predicted molar refractivity (Wildman–Crippen MR) is 240 cm³/mol. The van der Waals surface area contributed by atoms with Crippen LogP contribution in [0.15, 0.2) is 36.4 Å². The molecule has 0 aromatic heterocycles. The molecule has 0 radical (unpaired) electrons. The second kappa shape index (κ2) is 26.5. The van der Waals surface area contributed by atoms with Gasteiger partial charge in [-0.2, -0.15) is 0 Å². The number of carbonyl (C=O) groups is 7. The highest BCUT2D eigenvalue weighted by Gasteiger charge is 2.35. The number of fused-ring (bicyclic) bond motifs is 5. The van der Waals surface area contributed by atoms with Gasteiger partial charge in [-0.05, 0) is 48.7 Å². The van der Waals surface area contributed by atoms with E-state index in [0.717, 1.165) is 24.2 Å². The summed E-state index contributed by atoms with van der Waals surface area (Å²) >= 11 is 0. The molecule has 4 bridgehead atoms. The fourth-order valence-corrected chi connectivity index (χ4v) is 8.16. The summed E-state index contributed by atoms with van der Waals surface area (Å²) in [5.74, 6) is -7.99. The number of carboxylic acids is 1. The van der Waals surface area contributed by atoms with Gasteiger partial charge in [0.2, 0.25) is 17.7 Å². The molecule has 3 rings (SSSR count). The fourth-order valence-electron chi connectivity index (χ4n) is 8.16. The van der Waals surface area contributed by atoms with Crippen molar-refractivity contribution in [2.24, 2.45) is 17.8 Å². The van der Waals surface area contributed by atoms with Crippen LogP contribution in [0.5, 0.6) is 11.5 Å². The smallest absolute Gasteiger partial charge is 0.326 e. The molecule has 14 heteroatoms. The molecule has 1 aliphatic rings. The van der Waals surface area contributed by atoms with Crippen LogP contribution in [0.2, 0.25) is 0 Å². The maximum atomic E-state index is 14.1. The van der Waals surface area contributed by atoms with Crippen LogP contribution < -0.4 is 10.6 Å². The third-order valence-electron chi connectivity index (χ3n) is 12.1. The standard InChI is InChI=1S/C49H71N3O11/c1-6-7-8-9-10-11-12-13-14-15-16-17-18-19-37(54)28-36(30-53)47(60)50-33(4)43(57)25-32(3)48(61)52(5)45-35-21-23-42(56)39(29-35)38-26-34(20-22-41(38)55)27-40(49(62)63)51-46(59)31(2)24-44(45)58/h20-23,26,29,31-33,36,40,45,53,55-56H,6-19,24-25,27-28,30H2,1-5H3,(H,50,60)(H,51,59)(H,62,63)/t31-,32-,33-,36-,40+,45+/m1/s1. The number of aliphatic hydroxyl groups is 1. The minimum atomic E-state index is -1.36. The van der Waals surface area contributed by atoms with Crippen LogP contribution in [0.3, 0.4) is 0 Å². The largest absolute Gasteiger partial charge is 0.507 e. The van der Waals surface area contributed by atoms with Gasteiger partial charge in [0.15, 0.2) is 11.6 Å². The lowest BCUT2D eigenvalue weighted by Gasteiger charge is -2.31. The molecule has 0 saturated heterocycles. The summed E-state index contributed by atoms with van der Waals surface area (Å²) in [4.78, 5) is 93.8. The van der Waals surface area contributed by atoms with Crippen molar-refractivity contribution in [2.45, 2.75) is 161 Å². The van der Waals surface area contributed by atoms with Crippen molar-refractivity contribution in [3.05, 3.63) is 47.5 Å². The average Bonchev–Trinajstić information content (AvgIpc) is 3.24. The summed E-state index contributed by atoms with van der Waals surface area (Å²) in [5.41, 5.74) is 0.932. The molecular formula is C49H71N3O11. The van der Waals surface area contributed by atoms with Crippen molar-refractivity contribution < 1.29 is 54.0 Å². The highest BCUT2D eigenvalue weighted by atomic mass is 16.4. The zero-order valence-corrected chi connectivity index (χ0v) is 38.0. The monoisotopic (exact) mass is 878 g/mol. The number of aromatic hydroxyl groups is 2. The van der Waals surface area contributed by atoms with E-state index in [1.54, 1.807) is 0 Å². The van der Waals surface area contributed by atoms with Crippen LogP contribution in [0, 0.1) is 17.8 Å². The van der Waals surface area contributed by atoms with Crippen LogP contribution in [0.1, 0.15) is 154 Å². The average molecular weight is 878 g/mol. The number of rotatable bonds is 25. The van der Waals surface area contributed by atoms with Crippen molar-refractivity contribution in [3.63, 3.8) is 0 Å². The minimum Gasteiger partial charge on any atom is -0.507 e. The highest BCUT2D eigenvalue weighted by Crippen LogP contribution is 2.39. The number of likely N-dealkylation sites (N-methyl/N-ethyl adjacent to an activating group) is 1. The van der Waals surface area contributed by atoms with Gasteiger partial charge in [0.25, 0.3) is 0 Å². The van der Waals surface area contributed by atoms with Crippen molar-refractivity contribution in [3.8, 4) is 22.6 Å². The van der Waals surface area contributed by atoms with E-state index in [4.69, 9.17) is 0 Å². The van der Waals surface area contributed by atoms with Gasteiger partial charge in [-0.3, -0.25) is 28.8 Å². The van der Waals surface area contributed by atoms with Crippen LogP contribution in [-0.4, -0.2) is 92.1 Å². The summed E-state index contributed by atoms with van der Waals surface area (Å²) < 4.78 is 0. The lowest BCUT2D eigenvalue weighted by molar-refractivity contribution is -0.144. The van der Waals surface area contributed by atoms with Gasteiger partial charge < -0.3 is 36.0 Å². The molecule has 0 spiro atoms. The van der Waals surface area contributed by atoms with Crippen molar-refractivity contribution in [2.75, 3.05) is 13.7 Å². The molecule has 2 aromatic rings. The van der Waals surface area contributed by atoms with E-state index in [1.165, 1.54) is 122 Å². The molecule has 14 nitrogen and oxygen atoms in total. The van der Waals surface area contributed by atoms with Gasteiger partial charge in [0, 0.05) is 62.1 Å². The molecule has 2 aromatic carbocycles. The molecule has 1 heterocycles. The minimum absolute atomic E-state index is 0.113. The van der Waals surface area contributed by atoms with Crippen molar-refractivity contribution in [1.82, 2.24) is 15.5 Å². The molecule has 6 N–H and O–H groups in total. The molecule has 6 atom stereocenters. The number of carbonyl (C=O) groups excluding carboxylic acids is 6. The van der Waals surface area contributed by atoms with Crippen LogP contribution in [0.25, 0.3) is 11.1 Å². The van der Waals surface area contributed by atoms with E-state index < -0.39 is 84.2 Å². The number of nitrogens with zero attached hydrogens (tertiary/aromatic N) is 1. The van der Waals surface area contributed by atoms with Gasteiger partial charge in [0.1, 0.15) is 29.4 Å². The van der Waals surface area contributed by atoms with E-state index in [9.17, 15) is 54.0 Å². The number of hydrogen-bond acceptors (Lipinski definition) is 10. The second-order valence-corrected chi connectivity index (χ2v) is 17.6. The Hall–Kier alpha value is -5.11. The van der Waals surface area contributed by atoms with Gasteiger partial charge >= 0.3 is 5.97 Å². The van der Waals surface area contributed by atoms with E-state index in [2.05, 4.69) is 17.6 Å². The number of ketones is 3. The Morgan fingerprint density at radius 2 is 1.35 bits per heavy atom. The number of nitrogens with one attached hydrogen (secondary N) is 2. The number of phenols is 2. The Balaban J connectivity index is 1.61. The van der Waals surface area contributed by atoms with Gasteiger partial charge in [0.05, 0.1) is 18.6 Å². The first-order valence-electron chi connectivity index (χ1n) is 22.9. The fraction of sp³-hybridized carbons (Fsp3) is 0.612. The molecule has 0 fully saturated rings. The third-order valence-corrected chi connectivity index (χ3v) is 12.1. The maximum Gasteiger partial charge on any atom is 0.326 e. The number of aliphatic carboxylic acids is 1. The maximum absolute atomic E-state index is 14.1. The third kappa shape index (κ3) is 16.5. The number of benzene rings is 2. The Bertz CT molecular complexity index is 1880. The Labute approximate surface area is 372 Å². The number of hydrogen-bond donors (Lipinski definition) is 6. The van der Waals surface area contributed by atoms with Crippen molar-refractivity contribution >= 4 is 41.0 Å². The molecule has 1 aliphatic heterocycles. The van der Waals surface area contributed by atoms with Crippen LogP contribution in [-0.2, 0) is 40.0 Å². The predicted octanol–water partition coefficient (Wildman–Crippen LogP) is 7.13. The first kappa shape index (κ1) is 52.2. The van der Waals surface area contributed by atoms with E-state index in [0.29, 0.717) is 18.4 Å². The summed E-state index contributed by atoms with van der Waals surface area (Å²) in [6.07, 6.45) is 14.7. The topological polar surface area (TPSA) is 228 Å². The molecule has 0 unspecified atom stereocenters. The summed E-state index contributed by atoms with van der Waals surface area (Å²) in [6.45, 7) is 6.07. The quantitative estimate of drug-likeness (QED) is 0.0550. The lowest BCUT2D eigenvalue weighted by atomic mass is 9.89. The number of unbranched alkanes of at least 4 members (excludes halogenated alkanes) is 12. The molecule has 3 amide bonds. The van der Waals surface area contributed by atoms with Gasteiger partial charge in [-0.25, -0.2) is 4.79 Å². The Kier molecular flexibility index (Phi) is 22.0. The highest BCUT2D eigenvalue weighted by molar-refractivity contribution is 5.97. The molecule has 0 saturated carbocycles. The zero-order valence-electron chi connectivity index (χ0n) is 38.0. The van der Waals surface area contributed by atoms with Crippen LogP contribution in [0.4, 0.5) is 0 Å². The normalized spacial score (nSPS) is 18.0. The number of carboxylic acid groups (broad SMARTS) is 1. The van der Waals surface area contributed by atoms with E-state index in [-0.39, 0.29) is 53.2 Å². The lowest BCUT2D eigenvalue weighted by Crippen LogP contribution is -2.46. The number of aliphatic hydroxyl groups excluding tert-OH is 1. The number of Topliss-reactive ketones (excluding diaryl/α,β-unsaturated/α-hetero) is 3. The SMILES string of the molecule is CCCCCCCCCCCCCCCC(=O)C[C@H](CO)C(=O)N[C@H](C)C(=O)C[C@@H](C)C(=O)N(C)[C@@H]1C(=O)C[C@@H](C)C(=O)N[C@H](C(=O)O)Cc2ccc(O)c(c2)-c2cc1ccc2O. The second-order valence-electron chi connectivity index (χ2n) is 17.6. The number of amides is 3. The van der Waals surface area contributed by atoms with Crippen LogP contribution >= 0.6 is 0 Å². The molecule has 348 valence electrons. The molecular weight excluding hydrogens is 807 g/mol. The molecule has 0 aliphatic carbocycles. The molecule has 63 heavy (non-hydrogen) atoms. The van der Waals surface area contributed by atoms with E-state index in [1.807, 2.05) is 0 Å². The zero-order chi connectivity index (χ0) is 46.6. The van der Waals surface area contributed by atoms with Gasteiger partial charge in [-0.1, -0.05) is 110 Å². The van der Waals surface area contributed by atoms with E-state index >= 15 is 0 Å². The van der Waals surface area contributed by atoms with Gasteiger partial charge in [-0.15, -0.1) is 0 Å². The summed E-state index contributed by atoms with van der Waals surface area (Å²) in [5, 5.41) is 46.6. The number of phenolic OH excluding ortho intramolecular Hbond substituents is 2. The summed E-state index contributed by atoms with van der Waals surface area (Å²) in [6, 6.07) is 4.75. The first-order chi connectivity index (χ1) is 30.0. The Morgan fingerprint density at radius 3 is 1.92 bits per heavy atom. The van der Waals surface area contributed by atoms with Crippen molar-refractivity contribution in [1.29, 1.82) is 0 Å². The summed E-state index contributed by atoms with van der Waals surface area (Å²) in [7, 11) is 1.37.